The first kappa shape index (κ1) is 27.0. The van der Waals surface area contributed by atoms with Crippen molar-refractivity contribution in [2.45, 2.75) is 25.7 Å². The van der Waals surface area contributed by atoms with E-state index in [1.54, 1.807) is 18.2 Å². The van der Waals surface area contributed by atoms with Crippen molar-refractivity contribution < 1.29 is 26.7 Å². The molecular formula is C29H22F5N5O. The van der Waals surface area contributed by atoms with Gasteiger partial charge in [0.2, 0.25) is 5.95 Å². The van der Waals surface area contributed by atoms with Crippen molar-refractivity contribution in [3.8, 4) is 6.07 Å². The van der Waals surface area contributed by atoms with E-state index in [9.17, 15) is 26.7 Å². The molecule has 40 heavy (non-hydrogen) atoms. The maximum atomic E-state index is 13.9. The van der Waals surface area contributed by atoms with E-state index in [0.717, 1.165) is 17.7 Å². The lowest BCUT2D eigenvalue weighted by atomic mass is 10.0. The number of pyridine rings is 1. The van der Waals surface area contributed by atoms with Crippen LogP contribution in [0, 0.1) is 23.1 Å². The Bertz CT molecular complexity index is 1670. The number of alkyl halides is 3. The lowest BCUT2D eigenvalue weighted by molar-refractivity contribution is -0.137. The molecule has 1 amide bonds. The van der Waals surface area contributed by atoms with E-state index in [4.69, 9.17) is 5.26 Å². The van der Waals surface area contributed by atoms with Crippen LogP contribution in [0.4, 0.5) is 26.7 Å². The van der Waals surface area contributed by atoms with Gasteiger partial charge in [0.15, 0.2) is 0 Å². The summed E-state index contributed by atoms with van der Waals surface area (Å²) in [5.74, 6) is -1.31. The Balaban J connectivity index is 1.41. The van der Waals surface area contributed by atoms with Crippen molar-refractivity contribution >= 4 is 23.0 Å². The van der Waals surface area contributed by atoms with Gasteiger partial charge >= 0.3 is 12.2 Å². The van der Waals surface area contributed by atoms with Gasteiger partial charge in [-0.3, -0.25) is 9.47 Å². The van der Waals surface area contributed by atoms with Crippen molar-refractivity contribution in [3.05, 3.63) is 106 Å². The fourth-order valence-electron chi connectivity index (χ4n) is 4.85. The first-order valence-electron chi connectivity index (χ1n) is 12.3. The van der Waals surface area contributed by atoms with Gasteiger partial charge < -0.3 is 5.32 Å². The standard InChI is InChI=1S/C29H22F5N5O/c30-24-12-18(3-4-20(24)15-35)2-1-10-38-11-8-25-23(17-38)22-6-5-21(29(32,33)34)14-26(22)39(25)28(40)37-16-19-7-9-36-27(31)13-19/h1-7,9,12-14H,8,10-11,16-17H2,(H,37,40)/b2-1+. The predicted molar refractivity (Wildman–Crippen MR) is 138 cm³/mol. The number of fused-ring (bicyclic) bond motifs is 3. The zero-order valence-electron chi connectivity index (χ0n) is 21.0. The Morgan fingerprint density at radius 1 is 1.12 bits per heavy atom. The third kappa shape index (κ3) is 5.58. The first-order valence-corrected chi connectivity index (χ1v) is 12.3. The van der Waals surface area contributed by atoms with Gasteiger partial charge in [0.1, 0.15) is 11.9 Å². The van der Waals surface area contributed by atoms with E-state index < -0.39 is 29.5 Å². The number of hydrogen-bond acceptors (Lipinski definition) is 4. The van der Waals surface area contributed by atoms with E-state index in [1.165, 1.54) is 41.1 Å². The van der Waals surface area contributed by atoms with Crippen LogP contribution in [0.1, 0.15) is 33.5 Å². The van der Waals surface area contributed by atoms with Crippen LogP contribution in [0.2, 0.25) is 0 Å². The molecule has 0 unspecified atom stereocenters. The van der Waals surface area contributed by atoms with Crippen molar-refractivity contribution in [2.75, 3.05) is 13.1 Å². The van der Waals surface area contributed by atoms with Crippen molar-refractivity contribution in [1.82, 2.24) is 19.8 Å². The molecule has 1 aliphatic heterocycles. The van der Waals surface area contributed by atoms with Gasteiger partial charge in [0.25, 0.3) is 0 Å². The number of nitrogens with zero attached hydrogens (tertiary/aromatic N) is 4. The molecule has 5 rings (SSSR count). The van der Waals surface area contributed by atoms with E-state index in [-0.39, 0.29) is 17.6 Å². The second-order valence-electron chi connectivity index (χ2n) is 9.37. The van der Waals surface area contributed by atoms with Crippen LogP contribution < -0.4 is 5.32 Å². The highest BCUT2D eigenvalue weighted by Crippen LogP contribution is 2.36. The molecule has 0 saturated heterocycles. The van der Waals surface area contributed by atoms with Crippen LogP contribution in [0.5, 0.6) is 0 Å². The molecule has 0 fully saturated rings. The smallest absolute Gasteiger partial charge is 0.333 e. The average molecular weight is 552 g/mol. The molecule has 11 heteroatoms. The summed E-state index contributed by atoms with van der Waals surface area (Å²) in [6, 6.07) is 11.5. The predicted octanol–water partition coefficient (Wildman–Crippen LogP) is 6.03. The Hall–Kier alpha value is -4.56. The Morgan fingerprint density at radius 2 is 1.95 bits per heavy atom. The third-order valence-electron chi connectivity index (χ3n) is 6.78. The molecule has 1 aliphatic rings. The Morgan fingerprint density at radius 3 is 2.67 bits per heavy atom. The zero-order chi connectivity index (χ0) is 28.4. The minimum atomic E-state index is -4.59. The molecular weight excluding hydrogens is 529 g/mol. The van der Waals surface area contributed by atoms with Crippen LogP contribution in [0.25, 0.3) is 17.0 Å². The second kappa shape index (κ2) is 10.9. The number of aromatic nitrogens is 2. The van der Waals surface area contributed by atoms with Gasteiger partial charge in [0, 0.05) is 49.9 Å². The summed E-state index contributed by atoms with van der Waals surface area (Å²) in [6.07, 6.45) is 0.653. The van der Waals surface area contributed by atoms with Gasteiger partial charge in [-0.1, -0.05) is 24.3 Å². The molecule has 4 aromatic rings. The molecule has 0 saturated carbocycles. The molecule has 1 N–H and O–H groups in total. The average Bonchev–Trinajstić information content (AvgIpc) is 3.24. The number of hydrogen-bond donors (Lipinski definition) is 1. The van der Waals surface area contributed by atoms with Crippen LogP contribution in [-0.4, -0.2) is 33.6 Å². The van der Waals surface area contributed by atoms with Gasteiger partial charge in [-0.2, -0.15) is 22.8 Å². The topological polar surface area (TPSA) is 74.0 Å². The number of nitriles is 1. The molecule has 3 heterocycles. The summed E-state index contributed by atoms with van der Waals surface area (Å²) < 4.78 is 69.3. The quantitative estimate of drug-likeness (QED) is 0.243. The summed E-state index contributed by atoms with van der Waals surface area (Å²) >= 11 is 0. The third-order valence-corrected chi connectivity index (χ3v) is 6.78. The molecule has 204 valence electrons. The molecule has 0 spiro atoms. The molecule has 6 nitrogen and oxygen atoms in total. The van der Waals surface area contributed by atoms with Crippen LogP contribution in [0.15, 0.2) is 60.8 Å². The fraction of sp³-hybridized carbons (Fsp3) is 0.207. The van der Waals surface area contributed by atoms with Crippen molar-refractivity contribution in [2.24, 2.45) is 0 Å². The lowest BCUT2D eigenvalue weighted by Crippen LogP contribution is -2.34. The minimum absolute atomic E-state index is 0.0292. The molecule has 0 atom stereocenters. The van der Waals surface area contributed by atoms with Gasteiger partial charge in [-0.15, -0.1) is 0 Å². The fourth-order valence-corrected chi connectivity index (χ4v) is 4.85. The number of carbonyl (C=O) groups excluding carboxylic acids is 1. The summed E-state index contributed by atoms with van der Waals surface area (Å²) in [4.78, 5) is 18.8. The summed E-state index contributed by atoms with van der Waals surface area (Å²) in [7, 11) is 0. The van der Waals surface area contributed by atoms with Gasteiger partial charge in [-0.05, 0) is 53.1 Å². The van der Waals surface area contributed by atoms with Crippen molar-refractivity contribution in [1.29, 1.82) is 5.26 Å². The minimum Gasteiger partial charge on any atom is -0.333 e. The van der Waals surface area contributed by atoms with Gasteiger partial charge in [-0.25, -0.2) is 14.2 Å². The number of carbonyl (C=O) groups is 1. The van der Waals surface area contributed by atoms with E-state index in [1.807, 2.05) is 6.08 Å². The van der Waals surface area contributed by atoms with E-state index in [2.05, 4.69) is 15.2 Å². The first-order chi connectivity index (χ1) is 19.1. The highest BCUT2D eigenvalue weighted by Gasteiger charge is 2.33. The molecule has 2 aromatic carbocycles. The zero-order valence-corrected chi connectivity index (χ0v) is 21.0. The SMILES string of the molecule is N#Cc1ccc(/C=C/CN2CCc3c(c4ccc(C(F)(F)F)cc4n3C(=O)NCc3ccnc(F)c3)C2)cc1F. The van der Waals surface area contributed by atoms with Crippen LogP contribution >= 0.6 is 0 Å². The molecule has 0 aliphatic carbocycles. The van der Waals surface area contributed by atoms with Crippen LogP contribution in [-0.2, 0) is 25.7 Å². The Kier molecular flexibility index (Phi) is 7.36. The normalized spacial score (nSPS) is 13.9. The van der Waals surface area contributed by atoms with E-state index in [0.29, 0.717) is 48.3 Å². The largest absolute Gasteiger partial charge is 0.416 e. The number of nitrogens with one attached hydrogen (secondary N) is 1. The number of halogens is 5. The van der Waals surface area contributed by atoms with Crippen LogP contribution in [0.3, 0.4) is 0 Å². The van der Waals surface area contributed by atoms with E-state index >= 15 is 0 Å². The summed E-state index contributed by atoms with van der Waals surface area (Å²) in [6.45, 7) is 1.37. The maximum absolute atomic E-state index is 13.9. The maximum Gasteiger partial charge on any atom is 0.416 e. The molecule has 0 bridgehead atoms. The Labute approximate surface area is 226 Å². The summed E-state index contributed by atoms with van der Waals surface area (Å²) in [5, 5.41) is 12.1. The second-order valence-corrected chi connectivity index (χ2v) is 9.37. The monoisotopic (exact) mass is 551 g/mol. The molecule has 0 radical (unpaired) electrons. The highest BCUT2D eigenvalue weighted by atomic mass is 19.4. The van der Waals surface area contributed by atoms with Crippen molar-refractivity contribution in [3.63, 3.8) is 0 Å². The molecule has 2 aromatic heterocycles. The number of rotatable bonds is 5. The highest BCUT2D eigenvalue weighted by molar-refractivity contribution is 5.96. The number of amides is 1. The lowest BCUT2D eigenvalue weighted by Gasteiger charge is -2.27. The summed E-state index contributed by atoms with van der Waals surface area (Å²) in [5.41, 5.74) is 1.65. The number of benzene rings is 2. The van der Waals surface area contributed by atoms with Gasteiger partial charge in [0.05, 0.1) is 16.6 Å².